The number of ether oxygens (including phenoxy) is 6. The van der Waals surface area contributed by atoms with Crippen LogP contribution in [0, 0.1) is 0 Å². The van der Waals surface area contributed by atoms with Gasteiger partial charge in [-0.1, -0.05) is 91.0 Å². The molecule has 212 valence electrons. The minimum Gasteiger partial charge on any atom is -0.467 e. The Labute approximate surface area is 236 Å². The lowest BCUT2D eigenvalue weighted by molar-refractivity contribution is -0.314. The summed E-state index contributed by atoms with van der Waals surface area (Å²) in [4.78, 5) is 12.3. The minimum atomic E-state index is -0.821. The first-order chi connectivity index (χ1) is 19.5. The van der Waals surface area contributed by atoms with Gasteiger partial charge in [0.2, 0.25) is 6.29 Å². The fourth-order valence-electron chi connectivity index (χ4n) is 4.46. The van der Waals surface area contributed by atoms with E-state index in [0.717, 1.165) is 16.7 Å². The zero-order chi connectivity index (χ0) is 28.2. The molecule has 7 heteroatoms. The second-order valence-corrected chi connectivity index (χ2v) is 9.66. The van der Waals surface area contributed by atoms with Crippen LogP contribution in [0.4, 0.5) is 0 Å². The first-order valence-electron chi connectivity index (χ1n) is 13.6. The molecule has 0 aromatic heterocycles. The molecule has 1 fully saturated rings. The number of carbonyl (C=O) groups excluding carboxylic acids is 1. The quantitative estimate of drug-likeness (QED) is 0.193. The summed E-state index contributed by atoms with van der Waals surface area (Å²) < 4.78 is 37.4. The Bertz CT molecular complexity index is 1180. The zero-order valence-electron chi connectivity index (χ0n) is 23.3. The van der Waals surface area contributed by atoms with Crippen molar-refractivity contribution in [3.05, 3.63) is 120 Å². The fraction of sp³-hybridized carbons (Fsp3) is 0.364. The van der Waals surface area contributed by atoms with Gasteiger partial charge in [0, 0.05) is 6.92 Å². The molecule has 0 N–H and O–H groups in total. The molecule has 0 aliphatic carbocycles. The van der Waals surface area contributed by atoms with Crippen molar-refractivity contribution >= 4 is 5.97 Å². The molecule has 1 aliphatic heterocycles. The van der Waals surface area contributed by atoms with E-state index < -0.39 is 36.7 Å². The Morgan fingerprint density at radius 2 is 1.20 bits per heavy atom. The molecule has 0 unspecified atom stereocenters. The Morgan fingerprint density at radius 3 is 1.70 bits per heavy atom. The first kappa shape index (κ1) is 29.5. The molecule has 0 saturated carbocycles. The van der Waals surface area contributed by atoms with E-state index in [0.29, 0.717) is 25.6 Å². The van der Waals surface area contributed by atoms with E-state index >= 15 is 0 Å². The molecule has 0 amide bonds. The third-order valence-electron chi connectivity index (χ3n) is 6.57. The Balaban J connectivity index is 1.61. The highest BCUT2D eigenvalue weighted by Gasteiger charge is 2.50. The number of benzene rings is 3. The Morgan fingerprint density at radius 1 is 0.700 bits per heavy atom. The van der Waals surface area contributed by atoms with E-state index in [1.807, 2.05) is 111 Å². The minimum absolute atomic E-state index is 0.165. The van der Waals surface area contributed by atoms with E-state index in [-0.39, 0.29) is 6.61 Å². The second-order valence-electron chi connectivity index (χ2n) is 9.66. The van der Waals surface area contributed by atoms with E-state index in [1.54, 1.807) is 0 Å². The highest BCUT2D eigenvalue weighted by Crippen LogP contribution is 2.32. The first-order valence-corrected chi connectivity index (χ1v) is 13.6. The summed E-state index contributed by atoms with van der Waals surface area (Å²) in [7, 11) is 0. The summed E-state index contributed by atoms with van der Waals surface area (Å²) in [6.07, 6.45) is -1.80. The predicted molar refractivity (Wildman–Crippen MR) is 151 cm³/mol. The summed E-state index contributed by atoms with van der Waals surface area (Å²) in [6.45, 7) is 6.27. The lowest BCUT2D eigenvalue weighted by Gasteiger charge is -2.45. The summed E-state index contributed by atoms with van der Waals surface area (Å²) in [5.74, 6) is 0.232. The summed E-state index contributed by atoms with van der Waals surface area (Å²) >= 11 is 0. The van der Waals surface area contributed by atoms with Gasteiger partial charge in [0.25, 0.3) is 0 Å². The molecule has 4 rings (SSSR count). The number of esters is 1. The van der Waals surface area contributed by atoms with Crippen molar-refractivity contribution in [2.75, 3.05) is 6.61 Å². The zero-order valence-corrected chi connectivity index (χ0v) is 23.3. The molecule has 1 heterocycles. The van der Waals surface area contributed by atoms with Gasteiger partial charge in [0.15, 0.2) is 6.10 Å². The van der Waals surface area contributed by atoms with Crippen LogP contribution in [0.3, 0.4) is 0 Å². The van der Waals surface area contributed by atoms with Crippen LogP contribution < -0.4 is 0 Å². The van der Waals surface area contributed by atoms with Gasteiger partial charge in [-0.25, -0.2) is 0 Å². The van der Waals surface area contributed by atoms with Gasteiger partial charge in [-0.05, 0) is 36.6 Å². The van der Waals surface area contributed by atoms with Crippen LogP contribution in [0.1, 0.15) is 37.5 Å². The van der Waals surface area contributed by atoms with Crippen molar-refractivity contribution in [3.8, 4) is 0 Å². The molecule has 7 nitrogen and oxygen atoms in total. The van der Waals surface area contributed by atoms with Crippen molar-refractivity contribution in [2.45, 2.75) is 71.3 Å². The molecule has 1 saturated heterocycles. The highest BCUT2D eigenvalue weighted by molar-refractivity contribution is 5.66. The van der Waals surface area contributed by atoms with Crippen molar-refractivity contribution in [2.24, 2.45) is 0 Å². The average molecular weight is 547 g/mol. The fourth-order valence-corrected chi connectivity index (χ4v) is 4.46. The van der Waals surface area contributed by atoms with Crippen LogP contribution in [0.15, 0.2) is 103 Å². The standard InChI is InChI=1S/C33H38O7/c1-4-24(2)38-33-32(37-22-28-18-12-7-13-19-28)31(36-21-27-16-10-6-11-17-27)30(39-25(3)34)29(40-33)23-35-20-26-14-8-5-9-15-26/h4-19,29-33H,20-23H2,1-3H3/b24-4+/t29-,30+,31+,32-,33-/m1/s1. The van der Waals surface area contributed by atoms with E-state index in [9.17, 15) is 4.79 Å². The van der Waals surface area contributed by atoms with Gasteiger partial charge in [-0.15, -0.1) is 0 Å². The highest BCUT2D eigenvalue weighted by atomic mass is 16.7. The van der Waals surface area contributed by atoms with E-state index in [2.05, 4.69) is 0 Å². The monoisotopic (exact) mass is 546 g/mol. The molecular formula is C33H38O7. The van der Waals surface area contributed by atoms with Crippen LogP contribution in [0.25, 0.3) is 0 Å². The third kappa shape index (κ3) is 8.76. The molecule has 0 radical (unpaired) electrons. The second kappa shape index (κ2) is 15.3. The molecular weight excluding hydrogens is 508 g/mol. The van der Waals surface area contributed by atoms with Crippen LogP contribution in [-0.4, -0.2) is 43.3 Å². The number of allylic oxidation sites excluding steroid dienone is 2. The smallest absolute Gasteiger partial charge is 0.303 e. The molecule has 40 heavy (non-hydrogen) atoms. The third-order valence-corrected chi connectivity index (χ3v) is 6.57. The molecule has 5 atom stereocenters. The lowest BCUT2D eigenvalue weighted by Crippen LogP contribution is -2.62. The molecule has 1 aliphatic rings. The van der Waals surface area contributed by atoms with E-state index in [4.69, 9.17) is 28.4 Å². The summed E-state index contributed by atoms with van der Waals surface area (Å²) in [6, 6.07) is 29.5. The van der Waals surface area contributed by atoms with Crippen molar-refractivity contribution in [1.29, 1.82) is 0 Å². The van der Waals surface area contributed by atoms with E-state index in [1.165, 1.54) is 6.92 Å². The van der Waals surface area contributed by atoms with Gasteiger partial charge < -0.3 is 28.4 Å². The number of hydrogen-bond acceptors (Lipinski definition) is 7. The van der Waals surface area contributed by atoms with Crippen molar-refractivity contribution in [1.82, 2.24) is 0 Å². The van der Waals surface area contributed by atoms with Crippen LogP contribution in [-0.2, 0) is 53.0 Å². The van der Waals surface area contributed by atoms with Crippen molar-refractivity contribution in [3.63, 3.8) is 0 Å². The topological polar surface area (TPSA) is 72.5 Å². The maximum Gasteiger partial charge on any atom is 0.303 e. The van der Waals surface area contributed by atoms with Gasteiger partial charge >= 0.3 is 5.97 Å². The maximum atomic E-state index is 12.3. The Hall–Kier alpha value is -3.49. The van der Waals surface area contributed by atoms with Gasteiger partial charge in [-0.2, -0.15) is 0 Å². The number of rotatable bonds is 13. The number of hydrogen-bond donors (Lipinski definition) is 0. The summed E-state index contributed by atoms with van der Waals surface area (Å²) in [5, 5.41) is 0. The SMILES string of the molecule is C/C=C(\C)O[C@@H]1O[C@H](COCc2ccccc2)[C@H](OC(C)=O)[C@H](OCc2ccccc2)[C@H]1OCc1ccccc1. The van der Waals surface area contributed by atoms with Gasteiger partial charge in [0.05, 0.1) is 32.2 Å². The molecule has 0 bridgehead atoms. The van der Waals surface area contributed by atoms with Crippen molar-refractivity contribution < 1.29 is 33.2 Å². The van der Waals surface area contributed by atoms with Crippen LogP contribution in [0.2, 0.25) is 0 Å². The summed E-state index contributed by atoms with van der Waals surface area (Å²) in [5.41, 5.74) is 3.00. The average Bonchev–Trinajstić information content (AvgIpc) is 2.98. The molecule has 0 spiro atoms. The molecule has 3 aromatic rings. The maximum absolute atomic E-state index is 12.3. The van der Waals surface area contributed by atoms with Crippen LogP contribution in [0.5, 0.6) is 0 Å². The van der Waals surface area contributed by atoms with Gasteiger partial charge in [0.1, 0.15) is 18.3 Å². The lowest BCUT2D eigenvalue weighted by atomic mass is 9.98. The normalized spacial score (nSPS) is 23.0. The largest absolute Gasteiger partial charge is 0.467 e. The number of carbonyl (C=O) groups is 1. The predicted octanol–water partition coefficient (Wildman–Crippen LogP) is 5.97. The molecule has 3 aromatic carbocycles. The Kier molecular flexibility index (Phi) is 11.3. The van der Waals surface area contributed by atoms with Crippen LogP contribution >= 0.6 is 0 Å². The van der Waals surface area contributed by atoms with Gasteiger partial charge in [-0.3, -0.25) is 4.79 Å².